The van der Waals surface area contributed by atoms with Crippen LogP contribution in [0.4, 0.5) is 0 Å². The first-order valence-corrected chi connectivity index (χ1v) is 3.51. The molecule has 7 heteroatoms. The molecule has 0 rings (SSSR count). The molecule has 0 aliphatic heterocycles. The van der Waals surface area contributed by atoms with Crippen LogP contribution < -0.4 is 29.6 Å². The van der Waals surface area contributed by atoms with Crippen LogP contribution in [0, 0.1) is 0 Å². The van der Waals surface area contributed by atoms with Gasteiger partial charge in [0.1, 0.15) is 0 Å². The van der Waals surface area contributed by atoms with Gasteiger partial charge in [0, 0.05) is 5.57 Å². The van der Waals surface area contributed by atoms with Gasteiger partial charge < -0.3 is 8.74 Å². The Hall–Kier alpha value is 0.120. The third kappa shape index (κ3) is 8.02. The molecule has 0 N–H and O–H groups in total. The molecule has 0 aromatic carbocycles. The molecule has 58 valence electrons. The molecule has 11 heavy (non-hydrogen) atoms. The van der Waals surface area contributed by atoms with Crippen LogP contribution in [0.3, 0.4) is 0 Å². The summed E-state index contributed by atoms with van der Waals surface area (Å²) in [7, 11) is -4.93. The Labute approximate surface area is 86.7 Å². The van der Waals surface area contributed by atoms with E-state index in [1.54, 1.807) is 0 Å². The zero-order valence-corrected chi connectivity index (χ0v) is 8.97. The second-order valence-corrected chi connectivity index (χ2v) is 2.54. The van der Waals surface area contributed by atoms with Gasteiger partial charge in [-0.1, -0.05) is 6.58 Å². The van der Waals surface area contributed by atoms with E-state index in [-0.39, 0.29) is 35.1 Å². The molecule has 0 unspecified atom stereocenters. The summed E-state index contributed by atoms with van der Waals surface area (Å²) in [5.74, 6) is -1.23. The van der Waals surface area contributed by atoms with E-state index in [0.717, 1.165) is 0 Å². The van der Waals surface area contributed by atoms with E-state index in [4.69, 9.17) is 0 Å². The van der Waals surface area contributed by atoms with Gasteiger partial charge in [-0.3, -0.25) is 0 Å². The van der Waals surface area contributed by atoms with Crippen LogP contribution >= 0.6 is 0 Å². The van der Waals surface area contributed by atoms with Crippen molar-refractivity contribution < 1.29 is 51.5 Å². The second-order valence-electron chi connectivity index (χ2n) is 1.56. The fraction of sp³-hybridized carbons (Fsp3) is 0.250. The monoisotopic (exact) mass is 188 g/mol. The first-order chi connectivity index (χ1) is 4.33. The molecule has 0 amide bonds. The Morgan fingerprint density at radius 1 is 1.55 bits per heavy atom. The first kappa shape index (κ1) is 13.7. The molecular formula is C4H5NaO5S. The van der Waals surface area contributed by atoms with Gasteiger partial charge in [-0.2, -0.15) is 0 Å². The van der Waals surface area contributed by atoms with Crippen molar-refractivity contribution in [3.05, 3.63) is 12.2 Å². The SMILES string of the molecule is C=C(C)C(=O)OS(=O)(=O)[O-].[Na+]. The minimum Gasteiger partial charge on any atom is -0.716 e. The molecule has 0 fully saturated rings. The molecule has 0 aromatic rings. The van der Waals surface area contributed by atoms with Crippen molar-refractivity contribution in [2.24, 2.45) is 0 Å². The van der Waals surface area contributed by atoms with Crippen molar-refractivity contribution in [2.75, 3.05) is 0 Å². The summed E-state index contributed by atoms with van der Waals surface area (Å²) in [6, 6.07) is 0. The maximum atomic E-state index is 10.3. The van der Waals surface area contributed by atoms with E-state index in [0.29, 0.717) is 0 Å². The zero-order chi connectivity index (χ0) is 8.36. The second kappa shape index (κ2) is 4.89. The molecule has 0 aliphatic rings. The summed E-state index contributed by atoms with van der Waals surface area (Å²) in [5, 5.41) is 0. The van der Waals surface area contributed by atoms with Gasteiger partial charge in [0.05, 0.1) is 0 Å². The van der Waals surface area contributed by atoms with Gasteiger partial charge in [0.15, 0.2) is 0 Å². The number of rotatable bonds is 2. The van der Waals surface area contributed by atoms with Crippen LogP contribution in [0.25, 0.3) is 0 Å². The van der Waals surface area contributed by atoms with E-state index in [9.17, 15) is 17.8 Å². The Morgan fingerprint density at radius 2 is 1.91 bits per heavy atom. The number of carbonyl (C=O) groups is 1. The number of hydrogen-bond acceptors (Lipinski definition) is 5. The average Bonchev–Trinajstić information content (AvgIpc) is 1.60. The van der Waals surface area contributed by atoms with E-state index in [1.165, 1.54) is 6.92 Å². The maximum absolute atomic E-state index is 10.3. The zero-order valence-electron chi connectivity index (χ0n) is 6.16. The Balaban J connectivity index is 0. The molecule has 0 aliphatic carbocycles. The van der Waals surface area contributed by atoms with Gasteiger partial charge >= 0.3 is 35.5 Å². The molecule has 0 spiro atoms. The van der Waals surface area contributed by atoms with Gasteiger partial charge in [-0.05, 0) is 6.92 Å². The summed E-state index contributed by atoms with van der Waals surface area (Å²) in [6.45, 7) is 4.29. The molecule has 0 atom stereocenters. The minimum atomic E-state index is -4.93. The van der Waals surface area contributed by atoms with Gasteiger partial charge in [0.2, 0.25) is 0 Å². The van der Waals surface area contributed by atoms with Gasteiger partial charge in [-0.15, -0.1) is 0 Å². The van der Waals surface area contributed by atoms with E-state index in [1.807, 2.05) is 0 Å². The largest absolute Gasteiger partial charge is 1.00 e. The molecule has 5 nitrogen and oxygen atoms in total. The molecule has 0 saturated carbocycles. The summed E-state index contributed by atoms with van der Waals surface area (Å²) in [4.78, 5) is 10.3. The summed E-state index contributed by atoms with van der Waals surface area (Å²) >= 11 is 0. The Morgan fingerprint density at radius 3 is 2.00 bits per heavy atom. The van der Waals surface area contributed by atoms with E-state index < -0.39 is 16.4 Å². The smallest absolute Gasteiger partial charge is 0.716 e. The van der Waals surface area contributed by atoms with Crippen molar-refractivity contribution in [2.45, 2.75) is 6.92 Å². The molecule has 0 aromatic heterocycles. The van der Waals surface area contributed by atoms with Crippen molar-refractivity contribution in [1.82, 2.24) is 0 Å². The Bertz CT molecular complexity index is 254. The van der Waals surface area contributed by atoms with Crippen LogP contribution in [0.1, 0.15) is 6.92 Å². The fourth-order valence-electron chi connectivity index (χ4n) is 0.164. The van der Waals surface area contributed by atoms with Crippen molar-refractivity contribution in [3.8, 4) is 0 Å². The molecule has 0 saturated heterocycles. The third-order valence-electron chi connectivity index (χ3n) is 0.526. The third-order valence-corrected chi connectivity index (χ3v) is 0.882. The van der Waals surface area contributed by atoms with Crippen molar-refractivity contribution in [3.63, 3.8) is 0 Å². The van der Waals surface area contributed by atoms with Crippen molar-refractivity contribution in [1.29, 1.82) is 0 Å². The van der Waals surface area contributed by atoms with Crippen LogP contribution in [-0.2, 0) is 19.4 Å². The van der Waals surface area contributed by atoms with E-state index in [2.05, 4.69) is 10.8 Å². The maximum Gasteiger partial charge on any atom is 1.00 e. The molecular weight excluding hydrogens is 183 g/mol. The van der Waals surface area contributed by atoms with Crippen LogP contribution in [0.15, 0.2) is 12.2 Å². The first-order valence-electron chi connectivity index (χ1n) is 2.18. The quantitative estimate of drug-likeness (QED) is 0.195. The van der Waals surface area contributed by atoms with Crippen molar-refractivity contribution >= 4 is 16.4 Å². The van der Waals surface area contributed by atoms with Gasteiger partial charge in [0.25, 0.3) is 10.4 Å². The Kier molecular flexibility index (Phi) is 6.09. The molecule has 0 heterocycles. The summed E-state index contributed by atoms with van der Waals surface area (Å²) < 4.78 is 32.5. The normalized spacial score (nSPS) is 9.64. The van der Waals surface area contributed by atoms with E-state index >= 15 is 0 Å². The molecule has 0 radical (unpaired) electrons. The average molecular weight is 188 g/mol. The van der Waals surface area contributed by atoms with Crippen LogP contribution in [-0.4, -0.2) is 18.9 Å². The van der Waals surface area contributed by atoms with Crippen LogP contribution in [0.5, 0.6) is 0 Å². The standard InChI is InChI=1S/C4H6O5S.Na/c1-3(2)4(5)9-10(6,7)8;/h1H2,2H3,(H,6,7,8);/q;+1/p-1. The minimum absolute atomic E-state index is 0. The predicted octanol–water partition coefficient (Wildman–Crippen LogP) is -3.43. The number of carbonyl (C=O) groups excluding carboxylic acids is 1. The number of hydrogen-bond donors (Lipinski definition) is 0. The predicted molar refractivity (Wildman–Crippen MR) is 30.6 cm³/mol. The molecule has 0 bridgehead atoms. The van der Waals surface area contributed by atoms with Crippen LogP contribution in [0.2, 0.25) is 0 Å². The fourth-order valence-corrected chi connectivity index (χ4v) is 0.491. The topological polar surface area (TPSA) is 83.5 Å². The summed E-state index contributed by atoms with van der Waals surface area (Å²) in [6.07, 6.45) is 0. The summed E-state index contributed by atoms with van der Waals surface area (Å²) in [5.41, 5.74) is -0.139. The van der Waals surface area contributed by atoms with Gasteiger partial charge in [-0.25, -0.2) is 13.2 Å².